The second-order valence-electron chi connectivity index (χ2n) is 8.67. The van der Waals surface area contributed by atoms with Crippen LogP contribution in [0.25, 0.3) is 0 Å². The Labute approximate surface area is 195 Å². The first-order valence-electron chi connectivity index (χ1n) is 12.7. The Morgan fingerprint density at radius 3 is 1.91 bits per heavy atom. The van der Waals surface area contributed by atoms with Crippen molar-refractivity contribution in [2.24, 2.45) is 0 Å². The Morgan fingerprint density at radius 1 is 0.688 bits per heavy atom. The molecule has 0 bridgehead atoms. The predicted molar refractivity (Wildman–Crippen MR) is 133 cm³/mol. The van der Waals surface area contributed by atoms with Crippen LogP contribution in [0.1, 0.15) is 95.1 Å². The maximum absolute atomic E-state index is 11.9. The minimum atomic E-state index is -0.0660. The topological polar surface area (TPSA) is 35.5 Å². The van der Waals surface area contributed by atoms with Gasteiger partial charge in [-0.15, -0.1) is 0 Å². The van der Waals surface area contributed by atoms with Crippen molar-refractivity contribution in [3.8, 4) is 5.75 Å². The van der Waals surface area contributed by atoms with E-state index >= 15 is 0 Å². The van der Waals surface area contributed by atoms with Crippen molar-refractivity contribution >= 4 is 5.97 Å². The van der Waals surface area contributed by atoms with Crippen LogP contribution in [-0.4, -0.2) is 12.6 Å². The average molecular weight is 439 g/mol. The van der Waals surface area contributed by atoms with Gasteiger partial charge in [-0.2, -0.15) is 0 Å². The molecular formula is C29H42O3. The molecule has 0 saturated carbocycles. The van der Waals surface area contributed by atoms with Crippen molar-refractivity contribution in [2.45, 2.75) is 97.0 Å². The summed E-state index contributed by atoms with van der Waals surface area (Å²) in [6.45, 7) is 3.27. The summed E-state index contributed by atoms with van der Waals surface area (Å²) in [5.74, 6) is 0.787. The third-order valence-electron chi connectivity index (χ3n) is 5.81. The lowest BCUT2D eigenvalue weighted by atomic mass is 10.1. The van der Waals surface area contributed by atoms with Gasteiger partial charge in [0.25, 0.3) is 0 Å². The van der Waals surface area contributed by atoms with E-state index in [1.54, 1.807) is 0 Å². The fourth-order valence-corrected chi connectivity index (χ4v) is 3.78. The molecule has 0 saturated heterocycles. The number of benzene rings is 2. The highest BCUT2D eigenvalue weighted by molar-refractivity contribution is 5.69. The van der Waals surface area contributed by atoms with Gasteiger partial charge in [0.05, 0.1) is 6.61 Å². The second kappa shape index (κ2) is 17.3. The van der Waals surface area contributed by atoms with E-state index in [-0.39, 0.29) is 5.97 Å². The van der Waals surface area contributed by atoms with Gasteiger partial charge < -0.3 is 9.47 Å². The Morgan fingerprint density at radius 2 is 1.28 bits per heavy atom. The first-order chi connectivity index (χ1) is 15.8. The summed E-state index contributed by atoms with van der Waals surface area (Å²) in [5.41, 5.74) is 2.31. The third kappa shape index (κ3) is 12.5. The van der Waals surface area contributed by atoms with E-state index in [4.69, 9.17) is 9.47 Å². The van der Waals surface area contributed by atoms with Crippen LogP contribution in [0.4, 0.5) is 0 Å². The van der Waals surface area contributed by atoms with Crippen LogP contribution in [0.15, 0.2) is 54.6 Å². The number of unbranched alkanes of at least 4 members (excludes halogenated alkanes) is 10. The van der Waals surface area contributed by atoms with Crippen molar-refractivity contribution in [3.05, 3.63) is 65.7 Å². The number of ether oxygens (including phenoxy) is 2. The number of hydrogen-bond acceptors (Lipinski definition) is 3. The fraction of sp³-hybridized carbons (Fsp3) is 0.552. The van der Waals surface area contributed by atoms with Crippen molar-refractivity contribution in [1.29, 1.82) is 0 Å². The average Bonchev–Trinajstić information content (AvgIpc) is 2.83. The number of hydrogen-bond donors (Lipinski definition) is 0. The first-order valence-corrected chi connectivity index (χ1v) is 12.7. The molecule has 0 aliphatic heterocycles. The van der Waals surface area contributed by atoms with Crippen LogP contribution >= 0.6 is 0 Å². The van der Waals surface area contributed by atoms with E-state index < -0.39 is 0 Å². The second-order valence-corrected chi connectivity index (χ2v) is 8.67. The van der Waals surface area contributed by atoms with Gasteiger partial charge >= 0.3 is 5.97 Å². The lowest BCUT2D eigenvalue weighted by Crippen LogP contribution is -2.07. The summed E-state index contributed by atoms with van der Waals surface area (Å²) < 4.78 is 11.2. The fourth-order valence-electron chi connectivity index (χ4n) is 3.78. The molecule has 0 N–H and O–H groups in total. The third-order valence-corrected chi connectivity index (χ3v) is 5.81. The molecule has 0 heterocycles. The predicted octanol–water partition coefficient (Wildman–Crippen LogP) is 8.05. The molecule has 2 rings (SSSR count). The number of carbonyl (C=O) groups is 1. The maximum atomic E-state index is 11.9. The van der Waals surface area contributed by atoms with E-state index in [2.05, 4.69) is 19.1 Å². The maximum Gasteiger partial charge on any atom is 0.305 e. The van der Waals surface area contributed by atoms with Crippen LogP contribution in [-0.2, 0) is 22.6 Å². The number of esters is 1. The lowest BCUT2D eigenvalue weighted by molar-refractivity contribution is -0.143. The van der Waals surface area contributed by atoms with Crippen molar-refractivity contribution in [3.63, 3.8) is 0 Å². The van der Waals surface area contributed by atoms with Gasteiger partial charge in [0.1, 0.15) is 12.4 Å². The van der Waals surface area contributed by atoms with Gasteiger partial charge in [-0.1, -0.05) is 114 Å². The van der Waals surface area contributed by atoms with Crippen LogP contribution in [0.3, 0.4) is 0 Å². The van der Waals surface area contributed by atoms with E-state index in [0.717, 1.165) is 36.1 Å². The standard InChI is InChI=1S/C29H42O3/c1-2-3-4-5-6-7-8-9-10-11-15-18-29(30)31-24-23-26-19-21-28(22-20-26)32-25-27-16-13-12-14-17-27/h12-14,16-17,19-22H,2-11,15,18,23-25H2,1H3. The minimum absolute atomic E-state index is 0.0660. The van der Waals surface area contributed by atoms with E-state index in [9.17, 15) is 4.79 Å². The molecule has 0 spiro atoms. The van der Waals surface area contributed by atoms with Crippen LogP contribution in [0.2, 0.25) is 0 Å². The van der Waals surface area contributed by atoms with Gasteiger partial charge in [0, 0.05) is 12.8 Å². The molecule has 2 aromatic carbocycles. The molecule has 32 heavy (non-hydrogen) atoms. The summed E-state index contributed by atoms with van der Waals surface area (Å²) in [6, 6.07) is 18.2. The van der Waals surface area contributed by atoms with Gasteiger partial charge in [-0.05, 0) is 29.7 Å². The molecule has 3 heteroatoms. The van der Waals surface area contributed by atoms with Crippen LogP contribution in [0.5, 0.6) is 5.75 Å². The molecule has 0 atom stereocenters. The summed E-state index contributed by atoms with van der Waals surface area (Å²) >= 11 is 0. The minimum Gasteiger partial charge on any atom is -0.489 e. The van der Waals surface area contributed by atoms with E-state index in [1.807, 2.05) is 42.5 Å². The molecule has 0 aromatic heterocycles. The quantitative estimate of drug-likeness (QED) is 0.174. The molecule has 0 amide bonds. The SMILES string of the molecule is CCCCCCCCCCCCCC(=O)OCCc1ccc(OCc2ccccc2)cc1. The normalized spacial score (nSPS) is 10.8. The largest absolute Gasteiger partial charge is 0.489 e. The molecule has 0 unspecified atom stereocenters. The Kier molecular flexibility index (Phi) is 14.0. The first kappa shape index (κ1) is 26.0. The highest BCUT2D eigenvalue weighted by Crippen LogP contribution is 2.15. The van der Waals surface area contributed by atoms with Crippen molar-refractivity contribution in [2.75, 3.05) is 6.61 Å². The van der Waals surface area contributed by atoms with Gasteiger partial charge in [0.2, 0.25) is 0 Å². The zero-order chi connectivity index (χ0) is 22.7. The Hall–Kier alpha value is -2.29. The molecule has 0 fully saturated rings. The molecule has 2 aromatic rings. The molecule has 0 radical (unpaired) electrons. The number of carbonyl (C=O) groups excluding carboxylic acids is 1. The summed E-state index contributed by atoms with van der Waals surface area (Å²) in [4.78, 5) is 11.9. The molecule has 0 aliphatic carbocycles. The zero-order valence-corrected chi connectivity index (χ0v) is 20.0. The Balaban J connectivity index is 1.44. The highest BCUT2D eigenvalue weighted by Gasteiger charge is 2.04. The van der Waals surface area contributed by atoms with Gasteiger partial charge in [-0.3, -0.25) is 4.79 Å². The van der Waals surface area contributed by atoms with E-state index in [1.165, 1.54) is 57.8 Å². The van der Waals surface area contributed by atoms with Gasteiger partial charge in [-0.25, -0.2) is 0 Å². The molecule has 0 aliphatic rings. The summed E-state index contributed by atoms with van der Waals surface area (Å²) in [7, 11) is 0. The van der Waals surface area contributed by atoms with Crippen molar-refractivity contribution in [1.82, 2.24) is 0 Å². The monoisotopic (exact) mass is 438 g/mol. The zero-order valence-electron chi connectivity index (χ0n) is 20.0. The molecular weight excluding hydrogens is 396 g/mol. The Bertz CT molecular complexity index is 709. The van der Waals surface area contributed by atoms with Gasteiger partial charge in [0.15, 0.2) is 0 Å². The van der Waals surface area contributed by atoms with Crippen LogP contribution < -0.4 is 4.74 Å². The van der Waals surface area contributed by atoms with E-state index in [0.29, 0.717) is 19.6 Å². The summed E-state index contributed by atoms with van der Waals surface area (Å²) in [5, 5.41) is 0. The number of rotatable bonds is 18. The lowest BCUT2D eigenvalue weighted by Gasteiger charge is -2.08. The van der Waals surface area contributed by atoms with Crippen LogP contribution in [0, 0.1) is 0 Å². The highest BCUT2D eigenvalue weighted by atomic mass is 16.5. The molecule has 3 nitrogen and oxygen atoms in total. The van der Waals surface area contributed by atoms with Crippen molar-refractivity contribution < 1.29 is 14.3 Å². The molecule has 176 valence electrons. The summed E-state index contributed by atoms with van der Waals surface area (Å²) in [6.07, 6.45) is 15.5. The smallest absolute Gasteiger partial charge is 0.305 e.